The molecule has 1 aliphatic heterocycles. The zero-order chi connectivity index (χ0) is 20.2. The van der Waals surface area contributed by atoms with Crippen molar-refractivity contribution in [2.45, 2.75) is 38.2 Å². The Kier molecular flexibility index (Phi) is 6.15. The summed E-state index contributed by atoms with van der Waals surface area (Å²) < 4.78 is 13.1. The first-order chi connectivity index (χ1) is 14.1. The van der Waals surface area contributed by atoms with E-state index in [1.165, 1.54) is 0 Å². The number of hydrogen-bond donors (Lipinski definition) is 0. The molecule has 0 unspecified atom stereocenters. The van der Waals surface area contributed by atoms with Crippen LogP contribution in [-0.2, 0) is 17.0 Å². The summed E-state index contributed by atoms with van der Waals surface area (Å²) >= 11 is 1.59. The van der Waals surface area contributed by atoms with E-state index < -0.39 is 0 Å². The van der Waals surface area contributed by atoms with Crippen LogP contribution in [0.15, 0.2) is 33.9 Å². The van der Waals surface area contributed by atoms with Crippen LogP contribution >= 0.6 is 11.8 Å². The van der Waals surface area contributed by atoms with Gasteiger partial charge >= 0.3 is 0 Å². The maximum absolute atomic E-state index is 5.47. The van der Waals surface area contributed by atoms with Crippen LogP contribution in [0.2, 0.25) is 0 Å². The number of thioether (sulfide) groups is 1. The number of aryl methyl sites for hydroxylation is 1. The van der Waals surface area contributed by atoms with Gasteiger partial charge in [-0.1, -0.05) is 48.5 Å². The van der Waals surface area contributed by atoms with Crippen LogP contribution < -0.4 is 4.90 Å². The smallest absolute Gasteiger partial charge is 0.257 e. The molecule has 2 aromatic heterocycles. The molecule has 9 heteroatoms. The summed E-state index contributed by atoms with van der Waals surface area (Å²) in [5.74, 6) is 3.18. The molecule has 3 aromatic rings. The molecule has 8 nitrogen and oxygen atoms in total. The largest absolute Gasteiger partial charge is 0.378 e. The zero-order valence-corrected chi connectivity index (χ0v) is 17.9. The first-order valence-corrected chi connectivity index (χ1v) is 10.9. The number of ether oxygens (including phenoxy) is 1. The highest BCUT2D eigenvalue weighted by molar-refractivity contribution is 7.98. The monoisotopic (exact) mass is 414 g/mol. The fourth-order valence-corrected chi connectivity index (χ4v) is 4.03. The van der Waals surface area contributed by atoms with Crippen LogP contribution in [0.25, 0.3) is 11.5 Å². The third kappa shape index (κ3) is 4.79. The fourth-order valence-electron chi connectivity index (χ4n) is 3.25. The Hall–Kier alpha value is -2.39. The molecule has 3 heterocycles. The van der Waals surface area contributed by atoms with E-state index in [4.69, 9.17) is 9.26 Å². The Morgan fingerprint density at radius 2 is 2.00 bits per heavy atom. The SMILES string of the molecule is Cc1cccc(-c2nc(CSc3nnc(N4CCOCC4)n3CC(C)C)no2)c1. The number of rotatable bonds is 7. The molecule has 1 saturated heterocycles. The molecule has 154 valence electrons. The normalized spacial score (nSPS) is 14.7. The van der Waals surface area contributed by atoms with Gasteiger partial charge in [0.05, 0.1) is 19.0 Å². The lowest BCUT2D eigenvalue weighted by Gasteiger charge is -2.28. The number of hydrogen-bond acceptors (Lipinski definition) is 8. The number of anilines is 1. The van der Waals surface area contributed by atoms with Gasteiger partial charge in [-0.05, 0) is 25.0 Å². The minimum atomic E-state index is 0.489. The van der Waals surface area contributed by atoms with Crippen LogP contribution in [0.5, 0.6) is 0 Å². The number of benzene rings is 1. The summed E-state index contributed by atoms with van der Waals surface area (Å²) in [5, 5.41) is 13.9. The van der Waals surface area contributed by atoms with E-state index in [-0.39, 0.29) is 0 Å². The second kappa shape index (κ2) is 8.96. The highest BCUT2D eigenvalue weighted by atomic mass is 32.2. The van der Waals surface area contributed by atoms with E-state index in [0.29, 0.717) is 23.4 Å². The van der Waals surface area contributed by atoms with Gasteiger partial charge in [0, 0.05) is 25.2 Å². The molecule has 0 N–H and O–H groups in total. The Morgan fingerprint density at radius 3 is 2.76 bits per heavy atom. The van der Waals surface area contributed by atoms with Crippen LogP contribution in [0, 0.1) is 12.8 Å². The van der Waals surface area contributed by atoms with Crippen molar-refractivity contribution in [3.05, 3.63) is 35.7 Å². The third-order valence-corrected chi connectivity index (χ3v) is 5.57. The van der Waals surface area contributed by atoms with Gasteiger partial charge in [-0.15, -0.1) is 10.2 Å². The van der Waals surface area contributed by atoms with Gasteiger partial charge in [-0.25, -0.2) is 0 Å². The van der Waals surface area contributed by atoms with Crippen LogP contribution in [0.3, 0.4) is 0 Å². The summed E-state index contributed by atoms with van der Waals surface area (Å²) in [6.45, 7) is 10.4. The maximum atomic E-state index is 5.47. The molecular weight excluding hydrogens is 388 g/mol. The van der Waals surface area contributed by atoms with Gasteiger partial charge in [0.25, 0.3) is 5.89 Å². The van der Waals surface area contributed by atoms with E-state index >= 15 is 0 Å². The molecule has 1 aromatic carbocycles. The lowest BCUT2D eigenvalue weighted by atomic mass is 10.1. The number of aromatic nitrogens is 5. The molecular formula is C20H26N6O2S. The van der Waals surface area contributed by atoms with Crippen molar-refractivity contribution in [2.24, 2.45) is 5.92 Å². The molecule has 0 aliphatic carbocycles. The van der Waals surface area contributed by atoms with Crippen molar-refractivity contribution in [1.82, 2.24) is 24.9 Å². The minimum absolute atomic E-state index is 0.489. The highest BCUT2D eigenvalue weighted by Gasteiger charge is 2.21. The topological polar surface area (TPSA) is 82.1 Å². The molecule has 0 spiro atoms. The van der Waals surface area contributed by atoms with Crippen molar-refractivity contribution in [2.75, 3.05) is 31.2 Å². The van der Waals surface area contributed by atoms with Crippen molar-refractivity contribution in [1.29, 1.82) is 0 Å². The van der Waals surface area contributed by atoms with Gasteiger partial charge in [-0.2, -0.15) is 4.98 Å². The summed E-state index contributed by atoms with van der Waals surface area (Å²) in [5.41, 5.74) is 2.10. The molecule has 0 atom stereocenters. The molecule has 0 saturated carbocycles. The molecule has 4 rings (SSSR count). The van der Waals surface area contributed by atoms with E-state index in [1.54, 1.807) is 11.8 Å². The van der Waals surface area contributed by atoms with Crippen LogP contribution in [-0.4, -0.2) is 51.2 Å². The lowest BCUT2D eigenvalue weighted by molar-refractivity contribution is 0.121. The highest BCUT2D eigenvalue weighted by Crippen LogP contribution is 2.27. The van der Waals surface area contributed by atoms with Gasteiger partial charge < -0.3 is 14.2 Å². The Labute approximate surface area is 174 Å². The Morgan fingerprint density at radius 1 is 1.17 bits per heavy atom. The van der Waals surface area contributed by atoms with E-state index in [1.807, 2.05) is 31.2 Å². The predicted molar refractivity (Wildman–Crippen MR) is 112 cm³/mol. The van der Waals surface area contributed by atoms with Crippen molar-refractivity contribution >= 4 is 17.7 Å². The fraction of sp³-hybridized carbons (Fsp3) is 0.500. The van der Waals surface area contributed by atoms with Crippen molar-refractivity contribution in [3.63, 3.8) is 0 Å². The van der Waals surface area contributed by atoms with Crippen molar-refractivity contribution < 1.29 is 9.26 Å². The standard InChI is InChI=1S/C20H26N6O2S/c1-14(2)12-26-19(25-7-9-27-10-8-25)22-23-20(26)29-13-17-21-18(28-24-17)16-6-4-5-15(3)11-16/h4-6,11,14H,7-10,12-13H2,1-3H3. The molecule has 0 radical (unpaired) electrons. The van der Waals surface area contributed by atoms with Gasteiger partial charge in [-0.3, -0.25) is 4.57 Å². The van der Waals surface area contributed by atoms with E-state index in [0.717, 1.165) is 55.1 Å². The Balaban J connectivity index is 1.48. The van der Waals surface area contributed by atoms with Crippen molar-refractivity contribution in [3.8, 4) is 11.5 Å². The zero-order valence-electron chi connectivity index (χ0n) is 17.0. The second-order valence-corrected chi connectivity index (χ2v) is 8.50. The number of nitrogens with zero attached hydrogens (tertiary/aromatic N) is 6. The number of morpholine rings is 1. The first kappa shape index (κ1) is 19.9. The van der Waals surface area contributed by atoms with E-state index in [2.05, 4.69) is 43.7 Å². The lowest BCUT2D eigenvalue weighted by Crippen LogP contribution is -2.38. The molecule has 1 aliphatic rings. The third-order valence-electron chi connectivity index (χ3n) is 4.60. The quantitative estimate of drug-likeness (QED) is 0.544. The average Bonchev–Trinajstić information content (AvgIpc) is 3.34. The predicted octanol–water partition coefficient (Wildman–Crippen LogP) is 3.42. The Bertz CT molecular complexity index is 948. The minimum Gasteiger partial charge on any atom is -0.378 e. The van der Waals surface area contributed by atoms with Crippen LogP contribution in [0.4, 0.5) is 5.95 Å². The average molecular weight is 415 g/mol. The van der Waals surface area contributed by atoms with Gasteiger partial charge in [0.15, 0.2) is 11.0 Å². The first-order valence-electron chi connectivity index (χ1n) is 9.88. The molecule has 29 heavy (non-hydrogen) atoms. The second-order valence-electron chi connectivity index (χ2n) is 7.56. The molecule has 0 bridgehead atoms. The van der Waals surface area contributed by atoms with Gasteiger partial charge in [0.1, 0.15) is 0 Å². The molecule has 1 fully saturated rings. The summed E-state index contributed by atoms with van der Waals surface area (Å²) in [7, 11) is 0. The van der Waals surface area contributed by atoms with Crippen LogP contribution in [0.1, 0.15) is 25.2 Å². The van der Waals surface area contributed by atoms with Gasteiger partial charge in [0.2, 0.25) is 5.95 Å². The summed E-state index contributed by atoms with van der Waals surface area (Å²) in [6.07, 6.45) is 0. The molecule has 0 amide bonds. The summed E-state index contributed by atoms with van der Waals surface area (Å²) in [4.78, 5) is 6.78. The summed E-state index contributed by atoms with van der Waals surface area (Å²) in [6, 6.07) is 8.05. The maximum Gasteiger partial charge on any atom is 0.257 e. The van der Waals surface area contributed by atoms with E-state index in [9.17, 15) is 0 Å².